The van der Waals surface area contributed by atoms with Gasteiger partial charge >= 0.3 is 0 Å². The summed E-state index contributed by atoms with van der Waals surface area (Å²) < 4.78 is 14.0. The third-order valence-electron chi connectivity index (χ3n) is 4.58. The summed E-state index contributed by atoms with van der Waals surface area (Å²) >= 11 is 6.06. The average molecular weight is 406 g/mol. The zero-order chi connectivity index (χ0) is 20.8. The molecule has 28 heavy (non-hydrogen) atoms. The van der Waals surface area contributed by atoms with Crippen LogP contribution < -0.4 is 5.32 Å². The number of carbonyl (C=O) groups excluding carboxylic acids is 2. The minimum atomic E-state index is -0.548. The number of rotatable bonds is 7. The monoisotopic (exact) mass is 405 g/mol. The Morgan fingerprint density at radius 3 is 2.39 bits per heavy atom. The maximum absolute atomic E-state index is 14.0. The van der Waals surface area contributed by atoms with E-state index in [9.17, 15) is 14.0 Å². The van der Waals surface area contributed by atoms with Crippen LogP contribution in [-0.2, 0) is 16.1 Å². The van der Waals surface area contributed by atoms with E-state index in [4.69, 9.17) is 11.6 Å². The quantitative estimate of drug-likeness (QED) is 0.764. The van der Waals surface area contributed by atoms with Gasteiger partial charge in [-0.15, -0.1) is 0 Å². The molecule has 5 nitrogen and oxygen atoms in total. The van der Waals surface area contributed by atoms with Crippen LogP contribution in [0.15, 0.2) is 42.5 Å². The number of hydrogen-bond donors (Lipinski definition) is 1. The molecule has 7 heteroatoms. The van der Waals surface area contributed by atoms with Crippen molar-refractivity contribution in [3.8, 4) is 0 Å². The van der Waals surface area contributed by atoms with Crippen molar-refractivity contribution in [1.29, 1.82) is 0 Å². The number of halogens is 2. The molecule has 0 unspecified atom stereocenters. The average Bonchev–Trinajstić information content (AvgIpc) is 2.65. The number of likely N-dealkylation sites (N-methyl/N-ethyl adjacent to an activating group) is 2. The van der Waals surface area contributed by atoms with Crippen LogP contribution in [0.4, 0.5) is 10.1 Å². The number of nitrogens with one attached hydrogen (secondary N) is 1. The summed E-state index contributed by atoms with van der Waals surface area (Å²) in [4.78, 5) is 27.9. The van der Waals surface area contributed by atoms with Gasteiger partial charge in [0.25, 0.3) is 0 Å². The van der Waals surface area contributed by atoms with E-state index in [2.05, 4.69) is 5.32 Å². The van der Waals surface area contributed by atoms with Crippen molar-refractivity contribution in [3.63, 3.8) is 0 Å². The first-order valence-electron chi connectivity index (χ1n) is 8.93. The highest BCUT2D eigenvalue weighted by Gasteiger charge is 2.24. The van der Waals surface area contributed by atoms with E-state index in [1.807, 2.05) is 31.2 Å². The molecule has 0 bridgehead atoms. The van der Waals surface area contributed by atoms with Crippen LogP contribution in [0.3, 0.4) is 0 Å². The standard InChI is InChI=1S/C21H25ClFN3O2/c1-14-8-10-16(11-9-14)24-20(27)13-26(4)21(28)15(2)25(3)12-17-18(22)6-5-7-19(17)23/h5-11,15H,12-13H2,1-4H3,(H,24,27)/t15-/m1/s1. The van der Waals surface area contributed by atoms with E-state index < -0.39 is 11.9 Å². The third kappa shape index (κ3) is 5.78. The van der Waals surface area contributed by atoms with Gasteiger partial charge in [0.05, 0.1) is 12.6 Å². The summed E-state index contributed by atoms with van der Waals surface area (Å²) in [6, 6.07) is 11.4. The summed E-state index contributed by atoms with van der Waals surface area (Å²) in [5.41, 5.74) is 2.11. The summed E-state index contributed by atoms with van der Waals surface area (Å²) in [5.74, 6) is -0.939. The van der Waals surface area contributed by atoms with Crippen molar-refractivity contribution in [2.45, 2.75) is 26.4 Å². The predicted octanol–water partition coefficient (Wildman–Crippen LogP) is 3.70. The molecule has 150 valence electrons. The zero-order valence-electron chi connectivity index (χ0n) is 16.5. The second-order valence-electron chi connectivity index (χ2n) is 6.90. The maximum Gasteiger partial charge on any atom is 0.243 e. The predicted molar refractivity (Wildman–Crippen MR) is 110 cm³/mol. The first-order chi connectivity index (χ1) is 13.2. The van der Waals surface area contributed by atoms with Gasteiger partial charge in [0.1, 0.15) is 5.82 Å². The van der Waals surface area contributed by atoms with Crippen LogP contribution in [0.25, 0.3) is 0 Å². The van der Waals surface area contributed by atoms with Gasteiger partial charge in [-0.2, -0.15) is 0 Å². The Labute approximate surface area is 170 Å². The van der Waals surface area contributed by atoms with Crippen molar-refractivity contribution in [1.82, 2.24) is 9.80 Å². The molecule has 0 heterocycles. The molecule has 0 aromatic heterocycles. The Bertz CT molecular complexity index is 822. The molecule has 1 atom stereocenters. The van der Waals surface area contributed by atoms with Crippen LogP contribution >= 0.6 is 11.6 Å². The molecule has 0 saturated carbocycles. The molecule has 0 saturated heterocycles. The van der Waals surface area contributed by atoms with Crippen molar-refractivity contribution >= 4 is 29.1 Å². The fraction of sp³-hybridized carbons (Fsp3) is 0.333. The highest BCUT2D eigenvalue weighted by molar-refractivity contribution is 6.31. The molecule has 2 amide bonds. The van der Waals surface area contributed by atoms with E-state index in [0.717, 1.165) is 5.56 Å². The maximum atomic E-state index is 14.0. The number of aryl methyl sites for hydroxylation is 1. The number of benzene rings is 2. The van der Waals surface area contributed by atoms with Crippen molar-refractivity contribution in [2.75, 3.05) is 26.0 Å². The molecule has 2 aromatic carbocycles. The van der Waals surface area contributed by atoms with Gasteiger partial charge in [-0.05, 0) is 45.2 Å². The van der Waals surface area contributed by atoms with Gasteiger partial charge in [-0.3, -0.25) is 14.5 Å². The minimum Gasteiger partial charge on any atom is -0.335 e. The van der Waals surface area contributed by atoms with Gasteiger partial charge < -0.3 is 10.2 Å². The molecule has 2 aromatic rings. The summed E-state index contributed by atoms with van der Waals surface area (Å²) in [6.07, 6.45) is 0. The lowest BCUT2D eigenvalue weighted by molar-refractivity contribution is -0.137. The SMILES string of the molecule is Cc1ccc(NC(=O)CN(C)C(=O)[C@@H](C)N(C)Cc2c(F)cccc2Cl)cc1. The van der Waals surface area contributed by atoms with Gasteiger partial charge in [0.2, 0.25) is 11.8 Å². The van der Waals surface area contributed by atoms with Crippen LogP contribution in [-0.4, -0.2) is 48.3 Å². The van der Waals surface area contributed by atoms with Gasteiger partial charge in [-0.1, -0.05) is 35.4 Å². The van der Waals surface area contributed by atoms with E-state index in [1.165, 1.54) is 17.0 Å². The van der Waals surface area contributed by atoms with Crippen molar-refractivity contribution in [3.05, 3.63) is 64.4 Å². The van der Waals surface area contributed by atoms with Crippen molar-refractivity contribution < 1.29 is 14.0 Å². The fourth-order valence-electron chi connectivity index (χ4n) is 2.71. The van der Waals surface area contributed by atoms with Crippen LogP contribution in [0, 0.1) is 12.7 Å². The third-order valence-corrected chi connectivity index (χ3v) is 4.93. The molecule has 0 fully saturated rings. The Balaban J connectivity index is 1.93. The Kier molecular flexibility index (Phi) is 7.54. The minimum absolute atomic E-state index is 0.0780. The number of carbonyl (C=O) groups is 2. The zero-order valence-corrected chi connectivity index (χ0v) is 17.3. The molecular weight excluding hydrogens is 381 g/mol. The van der Waals surface area contributed by atoms with Gasteiger partial charge in [0, 0.05) is 29.9 Å². The van der Waals surface area contributed by atoms with Crippen LogP contribution in [0.1, 0.15) is 18.1 Å². The lowest BCUT2D eigenvalue weighted by Crippen LogP contribution is -2.46. The second kappa shape index (κ2) is 9.66. The summed E-state index contributed by atoms with van der Waals surface area (Å²) in [5, 5.41) is 3.08. The molecule has 0 aliphatic heterocycles. The molecule has 2 rings (SSSR count). The molecule has 1 N–H and O–H groups in total. The molecule has 0 aliphatic carbocycles. The fourth-order valence-corrected chi connectivity index (χ4v) is 2.93. The van der Waals surface area contributed by atoms with Crippen LogP contribution in [0.5, 0.6) is 0 Å². The molecule has 0 radical (unpaired) electrons. The van der Waals surface area contributed by atoms with E-state index >= 15 is 0 Å². The van der Waals surface area contributed by atoms with Crippen molar-refractivity contribution in [2.24, 2.45) is 0 Å². The number of amides is 2. The lowest BCUT2D eigenvalue weighted by atomic mass is 10.1. The van der Waals surface area contributed by atoms with E-state index in [1.54, 1.807) is 32.0 Å². The first kappa shape index (κ1) is 21.9. The van der Waals surface area contributed by atoms with Gasteiger partial charge in [-0.25, -0.2) is 4.39 Å². The van der Waals surface area contributed by atoms with E-state index in [0.29, 0.717) is 16.3 Å². The Morgan fingerprint density at radius 2 is 1.79 bits per heavy atom. The highest BCUT2D eigenvalue weighted by Crippen LogP contribution is 2.21. The number of anilines is 1. The topological polar surface area (TPSA) is 52.7 Å². The van der Waals surface area contributed by atoms with Gasteiger partial charge in [0.15, 0.2) is 0 Å². The smallest absolute Gasteiger partial charge is 0.243 e. The summed E-state index contributed by atoms with van der Waals surface area (Å²) in [6.45, 7) is 3.78. The van der Waals surface area contributed by atoms with E-state index in [-0.39, 0.29) is 24.9 Å². The molecular formula is C21H25ClFN3O2. The Morgan fingerprint density at radius 1 is 1.14 bits per heavy atom. The Hall–Kier alpha value is -2.44. The normalized spacial score (nSPS) is 12.0. The molecule has 0 spiro atoms. The first-order valence-corrected chi connectivity index (χ1v) is 9.31. The van der Waals surface area contributed by atoms with Crippen LogP contribution in [0.2, 0.25) is 5.02 Å². The number of nitrogens with zero attached hydrogens (tertiary/aromatic N) is 2. The largest absolute Gasteiger partial charge is 0.335 e. The number of hydrogen-bond acceptors (Lipinski definition) is 3. The second-order valence-corrected chi connectivity index (χ2v) is 7.31. The lowest BCUT2D eigenvalue weighted by Gasteiger charge is -2.28. The summed E-state index contributed by atoms with van der Waals surface area (Å²) in [7, 11) is 3.28. The highest BCUT2D eigenvalue weighted by atomic mass is 35.5. The molecule has 0 aliphatic rings.